The Bertz CT molecular complexity index is 906. The Balaban J connectivity index is 0.00000210. The smallest absolute Gasteiger partial charge is 0.153 e. The number of rotatable bonds is 4. The first-order valence-corrected chi connectivity index (χ1v) is 9.39. The van der Waals surface area contributed by atoms with E-state index in [9.17, 15) is 0 Å². The van der Waals surface area contributed by atoms with Crippen LogP contribution in [0.4, 0.5) is 5.82 Å². The zero-order valence-electron chi connectivity index (χ0n) is 15.6. The summed E-state index contributed by atoms with van der Waals surface area (Å²) in [5, 5.41) is 3.72. The number of hydrogen-bond donors (Lipinski definition) is 2. The molecule has 0 amide bonds. The Morgan fingerprint density at radius 3 is 2.70 bits per heavy atom. The van der Waals surface area contributed by atoms with Crippen LogP contribution in [0.25, 0.3) is 22.3 Å². The van der Waals surface area contributed by atoms with Gasteiger partial charge in [-0.2, -0.15) is 0 Å². The van der Waals surface area contributed by atoms with Gasteiger partial charge in [-0.05, 0) is 55.4 Å². The van der Waals surface area contributed by atoms with Gasteiger partial charge in [-0.3, -0.25) is 0 Å². The molecule has 0 aliphatic heterocycles. The van der Waals surface area contributed by atoms with Crippen LogP contribution < -0.4 is 11.1 Å². The molecule has 1 saturated carbocycles. The van der Waals surface area contributed by atoms with Crippen molar-refractivity contribution in [2.24, 2.45) is 5.92 Å². The maximum absolute atomic E-state index is 5.95. The summed E-state index contributed by atoms with van der Waals surface area (Å²) in [4.78, 5) is 12.9. The summed E-state index contributed by atoms with van der Waals surface area (Å²) in [5.74, 6) is 1.30. The van der Waals surface area contributed by atoms with E-state index in [0.29, 0.717) is 17.4 Å². The number of nitrogens with two attached hydrogens (primary N) is 1. The number of aromatic nitrogens is 3. The van der Waals surface area contributed by atoms with Crippen LogP contribution in [0.5, 0.6) is 0 Å². The van der Waals surface area contributed by atoms with Crippen molar-refractivity contribution in [1.82, 2.24) is 20.3 Å². The molecule has 1 aliphatic rings. The van der Waals surface area contributed by atoms with E-state index in [4.69, 9.17) is 5.73 Å². The third kappa shape index (κ3) is 4.54. The lowest BCUT2D eigenvalue weighted by Gasteiger charge is -2.27. The molecule has 2 heterocycles. The molecule has 5 nitrogen and oxygen atoms in total. The second kappa shape index (κ2) is 8.63. The van der Waals surface area contributed by atoms with Gasteiger partial charge in [0.2, 0.25) is 0 Å². The highest BCUT2D eigenvalue weighted by Gasteiger charge is 2.17. The van der Waals surface area contributed by atoms with E-state index in [-0.39, 0.29) is 12.4 Å². The molecule has 0 saturated heterocycles. The molecule has 0 radical (unpaired) electrons. The van der Waals surface area contributed by atoms with Gasteiger partial charge in [0, 0.05) is 18.2 Å². The van der Waals surface area contributed by atoms with E-state index in [1.165, 1.54) is 37.6 Å². The average Bonchev–Trinajstić information content (AvgIpc) is 2.68. The Labute approximate surface area is 166 Å². The van der Waals surface area contributed by atoms with Crippen LogP contribution in [0, 0.1) is 5.92 Å². The molecule has 0 bridgehead atoms. The third-order valence-corrected chi connectivity index (χ3v) is 5.34. The molecule has 0 atom stereocenters. The monoisotopic (exact) mass is 383 g/mol. The number of hydrogen-bond acceptors (Lipinski definition) is 5. The van der Waals surface area contributed by atoms with Crippen molar-refractivity contribution in [3.63, 3.8) is 0 Å². The van der Waals surface area contributed by atoms with Crippen molar-refractivity contribution in [1.29, 1.82) is 0 Å². The first-order valence-electron chi connectivity index (χ1n) is 9.39. The summed E-state index contributed by atoms with van der Waals surface area (Å²) in [6.45, 7) is 3.25. The number of nitrogens with zero attached hydrogens (tertiary/aromatic N) is 3. The van der Waals surface area contributed by atoms with Gasteiger partial charge in [0.25, 0.3) is 0 Å². The molecule has 1 fully saturated rings. The Kier molecular flexibility index (Phi) is 6.24. The summed E-state index contributed by atoms with van der Waals surface area (Å²) >= 11 is 0. The Hall–Kier alpha value is -2.24. The highest BCUT2D eigenvalue weighted by atomic mass is 35.5. The molecule has 0 spiro atoms. The maximum Gasteiger partial charge on any atom is 0.153 e. The minimum atomic E-state index is 0. The van der Waals surface area contributed by atoms with Crippen molar-refractivity contribution in [3.8, 4) is 11.3 Å². The number of anilines is 1. The molecule has 1 aromatic carbocycles. The van der Waals surface area contributed by atoms with E-state index in [1.807, 2.05) is 12.1 Å². The van der Waals surface area contributed by atoms with Gasteiger partial charge in [-0.1, -0.05) is 25.1 Å². The summed E-state index contributed by atoms with van der Waals surface area (Å²) in [6.07, 6.45) is 6.71. The predicted octanol–water partition coefficient (Wildman–Crippen LogP) is 4.36. The lowest BCUT2D eigenvalue weighted by molar-refractivity contribution is 0.306. The van der Waals surface area contributed by atoms with Crippen LogP contribution in [-0.4, -0.2) is 21.0 Å². The quantitative estimate of drug-likeness (QED) is 0.699. The second-order valence-corrected chi connectivity index (χ2v) is 7.36. The minimum absolute atomic E-state index is 0. The zero-order valence-corrected chi connectivity index (χ0v) is 16.4. The van der Waals surface area contributed by atoms with Crippen molar-refractivity contribution in [2.75, 3.05) is 5.73 Å². The molecule has 142 valence electrons. The van der Waals surface area contributed by atoms with Gasteiger partial charge in [0.1, 0.15) is 11.8 Å². The molecule has 3 aromatic rings. The normalized spacial score (nSPS) is 19.6. The number of fused-ring (bicyclic) bond motifs is 1. The number of nitrogen functional groups attached to an aromatic ring is 1. The van der Waals surface area contributed by atoms with Gasteiger partial charge in [0.05, 0.1) is 11.2 Å². The largest absolute Gasteiger partial charge is 0.382 e. The molecular weight excluding hydrogens is 358 g/mol. The van der Waals surface area contributed by atoms with Gasteiger partial charge >= 0.3 is 0 Å². The number of benzene rings is 1. The van der Waals surface area contributed by atoms with Crippen LogP contribution in [0.3, 0.4) is 0 Å². The molecule has 1 aliphatic carbocycles. The van der Waals surface area contributed by atoms with Gasteiger partial charge in [0.15, 0.2) is 5.82 Å². The lowest BCUT2D eigenvalue weighted by atomic mass is 9.87. The molecule has 4 rings (SSSR count). The first kappa shape index (κ1) is 19.5. The fraction of sp³-hybridized carbons (Fsp3) is 0.381. The Morgan fingerprint density at radius 2 is 1.89 bits per heavy atom. The second-order valence-electron chi connectivity index (χ2n) is 7.36. The Morgan fingerprint density at radius 1 is 1.07 bits per heavy atom. The van der Waals surface area contributed by atoms with Gasteiger partial charge < -0.3 is 11.1 Å². The molecule has 3 N–H and O–H groups in total. The fourth-order valence-corrected chi connectivity index (χ4v) is 3.69. The van der Waals surface area contributed by atoms with Crippen molar-refractivity contribution in [2.45, 2.75) is 45.2 Å². The van der Waals surface area contributed by atoms with Gasteiger partial charge in [-0.15, -0.1) is 12.4 Å². The molecule has 6 heteroatoms. The van der Waals surface area contributed by atoms with Crippen LogP contribution in [-0.2, 0) is 6.54 Å². The van der Waals surface area contributed by atoms with Crippen molar-refractivity contribution < 1.29 is 0 Å². The third-order valence-electron chi connectivity index (χ3n) is 5.34. The van der Waals surface area contributed by atoms with Crippen LogP contribution in [0.2, 0.25) is 0 Å². The number of halogens is 1. The summed E-state index contributed by atoms with van der Waals surface area (Å²) < 4.78 is 0. The van der Waals surface area contributed by atoms with E-state index in [0.717, 1.165) is 29.2 Å². The maximum atomic E-state index is 5.95. The van der Waals surface area contributed by atoms with Crippen molar-refractivity contribution >= 4 is 29.3 Å². The standard InChI is InChI=1S/C21H25N5.ClH/c1-14-5-7-17(8-6-14)23-12-15-3-2-4-16(11-15)18-9-10-19-20(26-18)21(22)25-13-24-19;/h2-4,9-11,13-14,17,23H,5-8,12H2,1H3,(H2,22,24,25);1H. The highest BCUT2D eigenvalue weighted by Crippen LogP contribution is 2.25. The number of pyridine rings is 1. The average molecular weight is 384 g/mol. The van der Waals surface area contributed by atoms with E-state index in [1.54, 1.807) is 0 Å². The van der Waals surface area contributed by atoms with E-state index >= 15 is 0 Å². The first-order chi connectivity index (χ1) is 12.7. The fourth-order valence-electron chi connectivity index (χ4n) is 3.69. The van der Waals surface area contributed by atoms with Crippen LogP contribution in [0.1, 0.15) is 38.2 Å². The molecule has 2 aromatic heterocycles. The molecule has 27 heavy (non-hydrogen) atoms. The van der Waals surface area contributed by atoms with Crippen LogP contribution in [0.15, 0.2) is 42.7 Å². The van der Waals surface area contributed by atoms with E-state index < -0.39 is 0 Å². The van der Waals surface area contributed by atoms with Crippen LogP contribution >= 0.6 is 12.4 Å². The lowest BCUT2D eigenvalue weighted by Crippen LogP contribution is -2.32. The molecular formula is C21H26ClN5. The number of nitrogens with one attached hydrogen (secondary N) is 1. The summed E-state index contributed by atoms with van der Waals surface area (Å²) in [5.41, 5.74) is 10.6. The topological polar surface area (TPSA) is 76.7 Å². The summed E-state index contributed by atoms with van der Waals surface area (Å²) in [7, 11) is 0. The van der Waals surface area contributed by atoms with E-state index in [2.05, 4.69) is 51.5 Å². The summed E-state index contributed by atoms with van der Waals surface area (Å²) in [6, 6.07) is 13.1. The predicted molar refractivity (Wildman–Crippen MR) is 113 cm³/mol. The van der Waals surface area contributed by atoms with Gasteiger partial charge in [-0.25, -0.2) is 15.0 Å². The van der Waals surface area contributed by atoms with Crippen molar-refractivity contribution in [3.05, 3.63) is 48.3 Å². The zero-order chi connectivity index (χ0) is 17.9. The SMILES string of the molecule is CC1CCC(NCc2cccc(-c3ccc4ncnc(N)c4n3)c2)CC1.Cl. The molecule has 0 unspecified atom stereocenters. The highest BCUT2D eigenvalue weighted by molar-refractivity contribution is 5.86. The minimum Gasteiger partial charge on any atom is -0.382 e.